The Labute approximate surface area is 111 Å². The van der Waals surface area contributed by atoms with Gasteiger partial charge in [-0.3, -0.25) is 0 Å². The number of para-hydroxylation sites is 2. The second-order valence-corrected chi connectivity index (χ2v) is 4.38. The van der Waals surface area contributed by atoms with Crippen LogP contribution in [0.25, 0.3) is 11.0 Å². The van der Waals surface area contributed by atoms with E-state index in [2.05, 4.69) is 20.6 Å². The number of nitrogens with zero attached hydrogens (tertiary/aromatic N) is 3. The van der Waals surface area contributed by atoms with Gasteiger partial charge in [-0.2, -0.15) is 0 Å². The van der Waals surface area contributed by atoms with Crippen molar-refractivity contribution in [1.29, 1.82) is 0 Å². The summed E-state index contributed by atoms with van der Waals surface area (Å²) in [4.78, 5) is 8.78. The molecule has 3 rings (SSSR count). The standard InChI is InChI=1S/C14H16N4O/c15-7-5-13-17-11-3-1-2-4-12(11)18(13)9-6-14-16-8-10-19-14/h1-4,8,10H,5-7,9,15H2. The summed E-state index contributed by atoms with van der Waals surface area (Å²) in [6.45, 7) is 1.40. The minimum absolute atomic E-state index is 0.600. The summed E-state index contributed by atoms with van der Waals surface area (Å²) in [6.07, 6.45) is 4.80. The van der Waals surface area contributed by atoms with Crippen molar-refractivity contribution in [1.82, 2.24) is 14.5 Å². The summed E-state index contributed by atoms with van der Waals surface area (Å²) in [5.41, 5.74) is 7.81. The van der Waals surface area contributed by atoms with Crippen LogP contribution in [0, 0.1) is 0 Å². The lowest BCUT2D eigenvalue weighted by Gasteiger charge is -2.07. The maximum Gasteiger partial charge on any atom is 0.195 e. The molecule has 5 heteroatoms. The zero-order valence-electron chi connectivity index (χ0n) is 10.6. The summed E-state index contributed by atoms with van der Waals surface area (Å²) < 4.78 is 7.47. The van der Waals surface area contributed by atoms with Crippen molar-refractivity contribution in [3.05, 3.63) is 48.4 Å². The third-order valence-corrected chi connectivity index (χ3v) is 3.13. The van der Waals surface area contributed by atoms with E-state index in [0.29, 0.717) is 6.54 Å². The largest absolute Gasteiger partial charge is 0.449 e. The van der Waals surface area contributed by atoms with Crippen LogP contribution in [0.5, 0.6) is 0 Å². The molecule has 2 heterocycles. The molecule has 0 radical (unpaired) electrons. The quantitative estimate of drug-likeness (QED) is 0.755. The third-order valence-electron chi connectivity index (χ3n) is 3.13. The SMILES string of the molecule is NCCc1nc2ccccc2n1CCc1ncco1. The fraction of sp³-hybridized carbons (Fsp3) is 0.286. The predicted octanol–water partition coefficient (Wildman–Crippen LogP) is 1.77. The lowest BCUT2D eigenvalue weighted by atomic mass is 10.3. The first-order valence-electron chi connectivity index (χ1n) is 6.41. The van der Waals surface area contributed by atoms with Crippen molar-refractivity contribution in [2.75, 3.05) is 6.54 Å². The van der Waals surface area contributed by atoms with Gasteiger partial charge in [0, 0.05) is 19.4 Å². The van der Waals surface area contributed by atoms with Crippen molar-refractivity contribution in [3.8, 4) is 0 Å². The van der Waals surface area contributed by atoms with Gasteiger partial charge in [0.25, 0.3) is 0 Å². The van der Waals surface area contributed by atoms with Crippen LogP contribution in [0.4, 0.5) is 0 Å². The molecule has 0 saturated carbocycles. The van der Waals surface area contributed by atoms with Crippen LogP contribution >= 0.6 is 0 Å². The predicted molar refractivity (Wildman–Crippen MR) is 72.7 cm³/mol. The third kappa shape index (κ3) is 2.37. The number of aromatic nitrogens is 3. The second kappa shape index (κ2) is 5.24. The molecule has 3 aromatic rings. The average Bonchev–Trinajstić information content (AvgIpc) is 3.04. The summed E-state index contributed by atoms with van der Waals surface area (Å²) in [6, 6.07) is 8.13. The Hall–Kier alpha value is -2.14. The molecule has 0 atom stereocenters. The van der Waals surface area contributed by atoms with Crippen LogP contribution in [-0.4, -0.2) is 21.1 Å². The zero-order chi connectivity index (χ0) is 13.1. The normalized spacial score (nSPS) is 11.2. The van der Waals surface area contributed by atoms with Gasteiger partial charge in [0.15, 0.2) is 5.89 Å². The summed E-state index contributed by atoms with van der Waals surface area (Å²) in [5.74, 6) is 1.77. The van der Waals surface area contributed by atoms with Crippen LogP contribution in [0.1, 0.15) is 11.7 Å². The number of imidazole rings is 1. The Morgan fingerprint density at radius 3 is 2.89 bits per heavy atom. The summed E-state index contributed by atoms with van der Waals surface area (Å²) in [7, 11) is 0. The first-order chi connectivity index (χ1) is 9.38. The van der Waals surface area contributed by atoms with Gasteiger partial charge in [0.05, 0.1) is 17.2 Å². The molecule has 0 amide bonds. The fourth-order valence-corrected chi connectivity index (χ4v) is 2.28. The Kier molecular flexibility index (Phi) is 3.29. The molecule has 5 nitrogen and oxygen atoms in total. The number of oxazole rings is 1. The Bertz CT molecular complexity index is 657. The van der Waals surface area contributed by atoms with Crippen LogP contribution in [0.15, 0.2) is 41.1 Å². The highest BCUT2D eigenvalue weighted by Crippen LogP contribution is 2.17. The van der Waals surface area contributed by atoms with Crippen molar-refractivity contribution in [2.45, 2.75) is 19.4 Å². The van der Waals surface area contributed by atoms with Gasteiger partial charge in [-0.15, -0.1) is 0 Å². The first-order valence-corrected chi connectivity index (χ1v) is 6.41. The second-order valence-electron chi connectivity index (χ2n) is 4.38. The van der Waals surface area contributed by atoms with Crippen LogP contribution < -0.4 is 5.73 Å². The Balaban J connectivity index is 1.92. The monoisotopic (exact) mass is 256 g/mol. The van der Waals surface area contributed by atoms with Gasteiger partial charge in [-0.05, 0) is 18.7 Å². The molecule has 0 saturated heterocycles. The molecule has 98 valence electrons. The van der Waals surface area contributed by atoms with Crippen molar-refractivity contribution in [3.63, 3.8) is 0 Å². The van der Waals surface area contributed by atoms with E-state index in [9.17, 15) is 0 Å². The van der Waals surface area contributed by atoms with E-state index >= 15 is 0 Å². The molecule has 0 bridgehead atoms. The van der Waals surface area contributed by atoms with Crippen LogP contribution in [0.2, 0.25) is 0 Å². The van der Waals surface area contributed by atoms with Gasteiger partial charge in [0.1, 0.15) is 12.1 Å². The molecule has 0 fully saturated rings. The average molecular weight is 256 g/mol. The van der Waals surface area contributed by atoms with Gasteiger partial charge in [-0.25, -0.2) is 9.97 Å². The van der Waals surface area contributed by atoms with E-state index < -0.39 is 0 Å². The fourth-order valence-electron chi connectivity index (χ4n) is 2.28. The first kappa shape index (κ1) is 11.9. The van der Waals surface area contributed by atoms with E-state index in [1.54, 1.807) is 12.5 Å². The molecular weight excluding hydrogens is 240 g/mol. The highest BCUT2D eigenvalue weighted by atomic mass is 16.3. The summed E-state index contributed by atoms with van der Waals surface area (Å²) >= 11 is 0. The molecule has 0 spiro atoms. The molecule has 0 aliphatic carbocycles. The van der Waals surface area contributed by atoms with E-state index in [1.165, 1.54) is 0 Å². The molecular formula is C14H16N4O. The highest BCUT2D eigenvalue weighted by molar-refractivity contribution is 5.75. The number of hydrogen-bond donors (Lipinski definition) is 1. The molecule has 0 unspecified atom stereocenters. The molecule has 2 aromatic heterocycles. The number of aryl methyl sites for hydroxylation is 2. The minimum Gasteiger partial charge on any atom is -0.449 e. The summed E-state index contributed by atoms with van der Waals surface area (Å²) in [5, 5.41) is 0. The maximum absolute atomic E-state index is 5.66. The van der Waals surface area contributed by atoms with Gasteiger partial charge >= 0.3 is 0 Å². The smallest absolute Gasteiger partial charge is 0.195 e. The number of fused-ring (bicyclic) bond motifs is 1. The Morgan fingerprint density at radius 1 is 1.21 bits per heavy atom. The lowest BCUT2D eigenvalue weighted by Crippen LogP contribution is -2.11. The van der Waals surface area contributed by atoms with Crippen molar-refractivity contribution >= 4 is 11.0 Å². The minimum atomic E-state index is 0.600. The highest BCUT2D eigenvalue weighted by Gasteiger charge is 2.10. The van der Waals surface area contributed by atoms with Crippen LogP contribution in [0.3, 0.4) is 0 Å². The number of nitrogens with two attached hydrogens (primary N) is 1. The molecule has 19 heavy (non-hydrogen) atoms. The maximum atomic E-state index is 5.66. The number of hydrogen-bond acceptors (Lipinski definition) is 4. The van der Waals surface area contributed by atoms with E-state index in [0.717, 1.165) is 42.1 Å². The van der Waals surface area contributed by atoms with Gasteiger partial charge in [-0.1, -0.05) is 12.1 Å². The number of benzene rings is 1. The van der Waals surface area contributed by atoms with E-state index in [-0.39, 0.29) is 0 Å². The van der Waals surface area contributed by atoms with Crippen molar-refractivity contribution in [2.24, 2.45) is 5.73 Å². The van der Waals surface area contributed by atoms with E-state index in [1.807, 2.05) is 18.2 Å². The topological polar surface area (TPSA) is 69.9 Å². The molecule has 0 aliphatic rings. The lowest BCUT2D eigenvalue weighted by molar-refractivity contribution is 0.475. The van der Waals surface area contributed by atoms with E-state index in [4.69, 9.17) is 10.2 Å². The van der Waals surface area contributed by atoms with Crippen molar-refractivity contribution < 1.29 is 4.42 Å². The molecule has 0 aliphatic heterocycles. The van der Waals surface area contributed by atoms with Gasteiger partial charge < -0.3 is 14.7 Å². The molecule has 2 N–H and O–H groups in total. The number of rotatable bonds is 5. The van der Waals surface area contributed by atoms with Crippen LogP contribution in [-0.2, 0) is 19.4 Å². The zero-order valence-corrected chi connectivity index (χ0v) is 10.6. The van der Waals surface area contributed by atoms with Gasteiger partial charge in [0.2, 0.25) is 0 Å². The Morgan fingerprint density at radius 2 is 2.11 bits per heavy atom. The molecule has 1 aromatic carbocycles.